The molecular weight excluding hydrogens is 470 g/mol. The molecule has 0 radical (unpaired) electrons. The monoisotopic (exact) mass is 495 g/mol. The van der Waals surface area contributed by atoms with Crippen LogP contribution in [0.5, 0.6) is 0 Å². The van der Waals surface area contributed by atoms with Crippen LogP contribution in [-0.2, 0) is 9.47 Å². The minimum atomic E-state index is -0.341. The van der Waals surface area contributed by atoms with E-state index in [2.05, 4.69) is 15.1 Å². The van der Waals surface area contributed by atoms with Gasteiger partial charge in [-0.25, -0.2) is 0 Å². The molecule has 1 aliphatic rings. The maximum atomic E-state index is 12.8. The van der Waals surface area contributed by atoms with Gasteiger partial charge < -0.3 is 25.2 Å². The van der Waals surface area contributed by atoms with E-state index >= 15 is 0 Å². The maximum Gasteiger partial charge on any atom is 0.258 e. The number of benzene rings is 2. The maximum absolute atomic E-state index is 12.8. The third-order valence-corrected chi connectivity index (χ3v) is 5.98. The molecule has 9 nitrogen and oxygen atoms in total. The quantitative estimate of drug-likeness (QED) is 0.215. The van der Waals surface area contributed by atoms with Gasteiger partial charge >= 0.3 is 0 Å². The van der Waals surface area contributed by atoms with Crippen LogP contribution in [0.1, 0.15) is 22.3 Å². The van der Waals surface area contributed by atoms with E-state index in [1.807, 2.05) is 0 Å². The number of nitrogens with zero attached hydrogens (tertiary/aromatic N) is 3. The highest BCUT2D eigenvalue weighted by atomic mass is 35.5. The number of carbonyl (C=O) groups excluding carboxylic acids is 1. The molecule has 1 fully saturated rings. The molecule has 2 heterocycles. The second-order valence-electron chi connectivity index (χ2n) is 8.09. The predicted molar refractivity (Wildman–Crippen MR) is 137 cm³/mol. The zero-order valence-corrected chi connectivity index (χ0v) is 20.0. The van der Waals surface area contributed by atoms with Crippen LogP contribution in [0.3, 0.4) is 0 Å². The number of fused-ring (bicyclic) bond motifs is 1. The van der Waals surface area contributed by atoms with E-state index < -0.39 is 0 Å². The Balaban J connectivity index is 1.43. The number of pyridine rings is 1. The lowest BCUT2D eigenvalue weighted by Gasteiger charge is -2.17. The minimum Gasteiger partial charge on any atom is -0.382 e. The number of aliphatic imine (C=N–C) groups is 1. The van der Waals surface area contributed by atoms with E-state index in [1.54, 1.807) is 60.5 Å². The molecular formula is C25H26ClN5O4. The summed E-state index contributed by atoms with van der Waals surface area (Å²) in [5.74, 6) is 5.49. The van der Waals surface area contributed by atoms with Crippen LogP contribution in [-0.4, -0.2) is 67.2 Å². The predicted octanol–water partition coefficient (Wildman–Crippen LogP) is 3.12. The van der Waals surface area contributed by atoms with E-state index in [4.69, 9.17) is 26.9 Å². The normalized spacial score (nSPS) is 16.5. The van der Waals surface area contributed by atoms with Crippen LogP contribution in [0.4, 0.5) is 5.69 Å². The van der Waals surface area contributed by atoms with E-state index in [0.29, 0.717) is 48.1 Å². The first-order chi connectivity index (χ1) is 17.0. The number of nitrogens with two attached hydrogens (primary N) is 1. The van der Waals surface area contributed by atoms with Crippen molar-refractivity contribution in [2.75, 3.05) is 33.4 Å². The number of H-pyrrole nitrogens is 1. The molecule has 4 rings (SSSR count). The Morgan fingerprint density at radius 2 is 2.03 bits per heavy atom. The van der Waals surface area contributed by atoms with Crippen LogP contribution in [0.2, 0.25) is 5.02 Å². The number of carbonyl (C=O) groups is 1. The molecule has 1 aromatic heterocycles. The molecule has 35 heavy (non-hydrogen) atoms. The number of amides is 1. The van der Waals surface area contributed by atoms with Gasteiger partial charge in [0.1, 0.15) is 5.71 Å². The van der Waals surface area contributed by atoms with E-state index in [0.717, 1.165) is 11.8 Å². The Hall–Kier alpha value is -3.53. The lowest BCUT2D eigenvalue weighted by atomic mass is 10.1. The molecule has 0 spiro atoms. The summed E-state index contributed by atoms with van der Waals surface area (Å²) in [6.45, 7) is 2.26. The Labute approximate surface area is 207 Å². The second kappa shape index (κ2) is 11.3. The number of hydrogen-bond donors (Lipinski definition) is 2. The second-order valence-corrected chi connectivity index (χ2v) is 8.52. The van der Waals surface area contributed by atoms with Gasteiger partial charge in [0.05, 0.1) is 36.8 Å². The van der Waals surface area contributed by atoms with Crippen molar-refractivity contribution in [1.82, 2.24) is 9.88 Å². The first-order valence-corrected chi connectivity index (χ1v) is 11.5. The number of nitrogens with one attached hydrogen (secondary N) is 1. The number of ether oxygens (including phenoxy) is 2. The Kier molecular flexibility index (Phi) is 7.91. The molecule has 1 atom stereocenters. The van der Waals surface area contributed by atoms with Crippen molar-refractivity contribution in [3.8, 4) is 0 Å². The average molecular weight is 496 g/mol. The summed E-state index contributed by atoms with van der Waals surface area (Å²) >= 11 is 6.06. The Morgan fingerprint density at radius 1 is 1.23 bits per heavy atom. The number of aromatic nitrogens is 1. The highest BCUT2D eigenvalue weighted by molar-refractivity contribution is 6.38. The zero-order valence-electron chi connectivity index (χ0n) is 19.2. The molecule has 2 aromatic carbocycles. The van der Waals surface area contributed by atoms with Crippen molar-refractivity contribution in [1.29, 1.82) is 0 Å². The number of likely N-dealkylation sites (tertiary alicyclic amines) is 1. The van der Waals surface area contributed by atoms with Crippen molar-refractivity contribution in [2.45, 2.75) is 12.5 Å². The first kappa shape index (κ1) is 24.6. The van der Waals surface area contributed by atoms with Gasteiger partial charge in [-0.2, -0.15) is 5.10 Å². The van der Waals surface area contributed by atoms with Crippen LogP contribution in [0.25, 0.3) is 10.9 Å². The van der Waals surface area contributed by atoms with Crippen LogP contribution < -0.4 is 11.4 Å². The molecule has 0 unspecified atom stereocenters. The number of hydrazone groups is 1. The number of rotatable bonds is 8. The number of aromatic amines is 1. The molecule has 0 bridgehead atoms. The lowest BCUT2D eigenvalue weighted by Crippen LogP contribution is -2.30. The molecule has 0 aliphatic carbocycles. The summed E-state index contributed by atoms with van der Waals surface area (Å²) in [4.78, 5) is 34.3. The van der Waals surface area contributed by atoms with E-state index in [-0.39, 0.29) is 28.8 Å². The molecule has 1 aliphatic heterocycles. The standard InChI is InChI=1S/C25H26ClN5O4/c1-34-10-11-35-20-8-9-31(15-20)25(33)16-2-5-19(6-3-16)28-14-23(30-27)21-13-17-12-18(26)4-7-22(17)29-24(21)32/h2-7,12-14,20H,8-11,15,27H2,1H3,(H,29,32)/t20-/m1/s1. The summed E-state index contributed by atoms with van der Waals surface area (Å²) in [5, 5.41) is 5.03. The van der Waals surface area contributed by atoms with Gasteiger partial charge in [-0.3, -0.25) is 14.6 Å². The molecule has 1 saturated heterocycles. The van der Waals surface area contributed by atoms with Gasteiger partial charge in [-0.05, 0) is 55.0 Å². The van der Waals surface area contributed by atoms with Crippen molar-refractivity contribution in [2.24, 2.45) is 15.9 Å². The van der Waals surface area contributed by atoms with Gasteiger partial charge in [0.2, 0.25) is 0 Å². The summed E-state index contributed by atoms with van der Waals surface area (Å²) in [7, 11) is 1.63. The molecule has 10 heteroatoms. The van der Waals surface area contributed by atoms with Crippen molar-refractivity contribution in [3.63, 3.8) is 0 Å². The lowest BCUT2D eigenvalue weighted by molar-refractivity contribution is 0.0218. The van der Waals surface area contributed by atoms with Gasteiger partial charge in [0.25, 0.3) is 11.5 Å². The fraction of sp³-hybridized carbons (Fsp3) is 0.280. The molecule has 0 saturated carbocycles. The fourth-order valence-corrected chi connectivity index (χ4v) is 4.08. The highest BCUT2D eigenvalue weighted by Gasteiger charge is 2.27. The van der Waals surface area contributed by atoms with Gasteiger partial charge in [-0.1, -0.05) is 11.6 Å². The fourth-order valence-electron chi connectivity index (χ4n) is 3.90. The summed E-state index contributed by atoms with van der Waals surface area (Å²) in [5.41, 5.74) is 1.95. The SMILES string of the molecule is COCCO[C@@H]1CCN(C(=O)c2ccc(N=CC(=NN)c3cc4cc(Cl)ccc4[nH]c3=O)cc2)C1. The number of halogens is 1. The number of methoxy groups -OCH3 is 1. The third kappa shape index (κ3) is 5.94. The van der Waals surface area contributed by atoms with Crippen LogP contribution in [0, 0.1) is 0 Å². The molecule has 3 aromatic rings. The zero-order chi connectivity index (χ0) is 24.8. The van der Waals surface area contributed by atoms with Crippen molar-refractivity contribution < 1.29 is 14.3 Å². The average Bonchev–Trinajstić information content (AvgIpc) is 3.34. The van der Waals surface area contributed by atoms with Crippen molar-refractivity contribution >= 4 is 46.0 Å². The largest absolute Gasteiger partial charge is 0.382 e. The van der Waals surface area contributed by atoms with Crippen LogP contribution in [0.15, 0.2) is 63.4 Å². The number of hydrogen-bond acceptors (Lipinski definition) is 7. The van der Waals surface area contributed by atoms with Gasteiger partial charge in [-0.15, -0.1) is 0 Å². The molecule has 1 amide bonds. The first-order valence-electron chi connectivity index (χ1n) is 11.1. The van der Waals surface area contributed by atoms with Crippen molar-refractivity contribution in [3.05, 3.63) is 75.0 Å². The molecule has 3 N–H and O–H groups in total. The van der Waals surface area contributed by atoms with E-state index in [1.165, 1.54) is 6.21 Å². The van der Waals surface area contributed by atoms with Crippen LogP contribution >= 0.6 is 11.6 Å². The molecule has 182 valence electrons. The van der Waals surface area contributed by atoms with Gasteiger partial charge in [0.15, 0.2) is 0 Å². The summed E-state index contributed by atoms with van der Waals surface area (Å²) in [6, 6.07) is 13.7. The smallest absolute Gasteiger partial charge is 0.258 e. The summed E-state index contributed by atoms with van der Waals surface area (Å²) < 4.78 is 10.7. The third-order valence-electron chi connectivity index (χ3n) is 5.74. The minimum absolute atomic E-state index is 0.0289. The topological polar surface area (TPSA) is 122 Å². The van der Waals surface area contributed by atoms with Gasteiger partial charge in [0, 0.05) is 41.7 Å². The summed E-state index contributed by atoms with van der Waals surface area (Å²) in [6.07, 6.45) is 2.25. The Morgan fingerprint density at radius 3 is 2.77 bits per heavy atom. The Bertz CT molecular complexity index is 1320. The highest BCUT2D eigenvalue weighted by Crippen LogP contribution is 2.20. The van der Waals surface area contributed by atoms with E-state index in [9.17, 15) is 9.59 Å².